The van der Waals surface area contributed by atoms with E-state index in [1.807, 2.05) is 30.3 Å². The largest absolute Gasteiger partial charge is 0.396 e. The highest BCUT2D eigenvalue weighted by Gasteiger charge is 2.57. The van der Waals surface area contributed by atoms with Crippen molar-refractivity contribution < 1.29 is 14.7 Å². The maximum absolute atomic E-state index is 13.5. The molecule has 3 aromatic rings. The maximum atomic E-state index is 13.5. The van der Waals surface area contributed by atoms with Gasteiger partial charge in [-0.15, -0.1) is 0 Å². The van der Waals surface area contributed by atoms with Crippen LogP contribution in [0.3, 0.4) is 0 Å². The number of hydrogen-bond donors (Lipinski definition) is 2. The minimum atomic E-state index is -0.722. The Morgan fingerprint density at radius 1 is 1.09 bits per heavy atom. The number of hydrogen-bond acceptors (Lipinski definition) is 6. The molecule has 168 valence electrons. The summed E-state index contributed by atoms with van der Waals surface area (Å²) in [5.74, 6) is -1.91. The first-order chi connectivity index (χ1) is 16.1. The molecule has 1 saturated heterocycles. The van der Waals surface area contributed by atoms with E-state index in [4.69, 9.17) is 0 Å². The van der Waals surface area contributed by atoms with Crippen molar-refractivity contribution in [2.75, 3.05) is 6.61 Å². The number of aliphatic hydroxyl groups excluding tert-OH is 1. The van der Waals surface area contributed by atoms with Crippen molar-refractivity contribution in [2.45, 2.75) is 25.2 Å². The summed E-state index contributed by atoms with van der Waals surface area (Å²) in [6, 6.07) is 13.1. The van der Waals surface area contributed by atoms with Gasteiger partial charge in [0.05, 0.1) is 24.2 Å². The molecule has 1 fully saturated rings. The molecule has 0 spiro atoms. The molecule has 0 saturated carbocycles. The topological polar surface area (TPSA) is 117 Å². The van der Waals surface area contributed by atoms with Crippen molar-refractivity contribution in [3.8, 4) is 0 Å². The van der Waals surface area contributed by atoms with Crippen molar-refractivity contribution in [1.82, 2.24) is 24.8 Å². The predicted molar refractivity (Wildman–Crippen MR) is 118 cm³/mol. The van der Waals surface area contributed by atoms with Crippen LogP contribution in [0.25, 0.3) is 0 Å². The lowest BCUT2D eigenvalue weighted by molar-refractivity contribution is -0.127. The van der Waals surface area contributed by atoms with Gasteiger partial charge in [-0.2, -0.15) is 0 Å². The molecule has 2 aromatic heterocycles. The Bertz CT molecular complexity index is 1230. The third kappa shape index (κ3) is 3.60. The van der Waals surface area contributed by atoms with Gasteiger partial charge in [-0.3, -0.25) is 19.4 Å². The second kappa shape index (κ2) is 8.59. The highest BCUT2D eigenvalue weighted by atomic mass is 16.3. The minimum absolute atomic E-state index is 0.154. The van der Waals surface area contributed by atoms with Crippen LogP contribution in [0.5, 0.6) is 0 Å². The number of nitrogens with zero attached hydrogens (tertiary/aromatic N) is 4. The van der Waals surface area contributed by atoms with Crippen LogP contribution in [-0.4, -0.2) is 49.0 Å². The second-order valence-corrected chi connectivity index (χ2v) is 8.29. The molecular formula is C24H23N5O4. The number of aliphatic hydroxyl groups is 1. The average Bonchev–Trinajstić information content (AvgIpc) is 3.10. The van der Waals surface area contributed by atoms with E-state index >= 15 is 0 Å². The summed E-state index contributed by atoms with van der Waals surface area (Å²) in [6.45, 7) is 0.230. The SMILES string of the molecule is O=C(NCc1ccccc1)[C@H]1[C@H](CO)[C@H]2Cn3c(cccc3=O)[C@@H]1N2C(=O)c1cnccn1. The monoisotopic (exact) mass is 445 g/mol. The number of pyridine rings is 1. The molecule has 4 heterocycles. The Morgan fingerprint density at radius 2 is 1.91 bits per heavy atom. The second-order valence-electron chi connectivity index (χ2n) is 8.29. The fourth-order valence-electron chi connectivity index (χ4n) is 5.08. The van der Waals surface area contributed by atoms with Crippen LogP contribution in [0.4, 0.5) is 0 Å². The summed E-state index contributed by atoms with van der Waals surface area (Å²) in [6.07, 6.45) is 4.30. The molecule has 2 aliphatic heterocycles. The molecule has 0 radical (unpaired) electrons. The lowest BCUT2D eigenvalue weighted by Crippen LogP contribution is -2.49. The van der Waals surface area contributed by atoms with E-state index in [-0.39, 0.29) is 36.2 Å². The van der Waals surface area contributed by atoms with Crippen LogP contribution >= 0.6 is 0 Å². The van der Waals surface area contributed by atoms with Crippen molar-refractivity contribution in [1.29, 1.82) is 0 Å². The Labute approximate surface area is 189 Å². The Kier molecular flexibility index (Phi) is 5.47. The first kappa shape index (κ1) is 21.0. The van der Waals surface area contributed by atoms with Crippen molar-refractivity contribution >= 4 is 11.8 Å². The van der Waals surface area contributed by atoms with E-state index in [1.165, 1.54) is 24.7 Å². The van der Waals surface area contributed by atoms with E-state index in [1.54, 1.807) is 21.6 Å². The molecule has 1 aromatic carbocycles. The quantitative estimate of drug-likeness (QED) is 0.599. The first-order valence-electron chi connectivity index (χ1n) is 10.8. The molecule has 4 atom stereocenters. The van der Waals surface area contributed by atoms with Crippen LogP contribution in [0, 0.1) is 11.8 Å². The van der Waals surface area contributed by atoms with Gasteiger partial charge in [0.15, 0.2) is 0 Å². The van der Waals surface area contributed by atoms with Crippen molar-refractivity contribution in [3.63, 3.8) is 0 Å². The van der Waals surface area contributed by atoms with E-state index in [0.717, 1.165) is 5.56 Å². The van der Waals surface area contributed by atoms with Crippen LogP contribution in [0.2, 0.25) is 0 Å². The number of fused-ring (bicyclic) bond motifs is 4. The summed E-state index contributed by atoms with van der Waals surface area (Å²) in [5, 5.41) is 13.3. The van der Waals surface area contributed by atoms with E-state index in [2.05, 4.69) is 15.3 Å². The summed E-state index contributed by atoms with van der Waals surface area (Å²) in [5.41, 5.74) is 1.47. The normalized spacial score (nSPS) is 23.1. The zero-order valence-electron chi connectivity index (χ0n) is 17.7. The van der Waals surface area contributed by atoms with Gasteiger partial charge in [0, 0.05) is 49.8 Å². The van der Waals surface area contributed by atoms with E-state index in [9.17, 15) is 19.5 Å². The van der Waals surface area contributed by atoms with E-state index in [0.29, 0.717) is 12.2 Å². The molecule has 0 unspecified atom stereocenters. The van der Waals surface area contributed by atoms with Gasteiger partial charge >= 0.3 is 0 Å². The molecule has 0 aliphatic carbocycles. The number of carbonyl (C=O) groups is 2. The summed E-state index contributed by atoms with van der Waals surface area (Å²) in [7, 11) is 0. The molecule has 2 N–H and O–H groups in total. The maximum Gasteiger partial charge on any atom is 0.274 e. The fourth-order valence-corrected chi connectivity index (χ4v) is 5.08. The van der Waals surface area contributed by atoms with Gasteiger partial charge in [-0.25, -0.2) is 4.98 Å². The van der Waals surface area contributed by atoms with E-state index < -0.39 is 23.9 Å². The number of rotatable bonds is 5. The van der Waals surface area contributed by atoms with Crippen LogP contribution in [-0.2, 0) is 17.9 Å². The first-order valence-corrected chi connectivity index (χ1v) is 10.8. The number of aromatic nitrogens is 3. The Morgan fingerprint density at radius 3 is 2.64 bits per heavy atom. The van der Waals surface area contributed by atoms with Gasteiger partial charge < -0.3 is 19.9 Å². The van der Waals surface area contributed by atoms with Gasteiger partial charge in [-0.1, -0.05) is 36.4 Å². The van der Waals surface area contributed by atoms with Crippen molar-refractivity contribution in [2.24, 2.45) is 11.8 Å². The van der Waals surface area contributed by atoms with Gasteiger partial charge in [0.25, 0.3) is 11.5 Å². The molecular weight excluding hydrogens is 422 g/mol. The number of benzene rings is 1. The Hall–Kier alpha value is -3.85. The number of nitrogens with one attached hydrogen (secondary N) is 1. The number of amides is 2. The highest BCUT2D eigenvalue weighted by molar-refractivity contribution is 5.94. The third-order valence-corrected chi connectivity index (χ3v) is 6.55. The van der Waals surface area contributed by atoms with Crippen molar-refractivity contribution in [3.05, 3.63) is 94.4 Å². The average molecular weight is 445 g/mol. The predicted octanol–water partition coefficient (Wildman–Crippen LogP) is 0.759. The summed E-state index contributed by atoms with van der Waals surface area (Å²) < 4.78 is 1.60. The number of carbonyl (C=O) groups excluding carboxylic acids is 2. The smallest absolute Gasteiger partial charge is 0.274 e. The molecule has 2 bridgehead atoms. The fraction of sp³-hybridized carbons (Fsp3) is 0.292. The highest BCUT2D eigenvalue weighted by Crippen LogP contribution is 2.48. The summed E-state index contributed by atoms with van der Waals surface area (Å²) in [4.78, 5) is 49.3. The van der Waals surface area contributed by atoms with Gasteiger partial charge in [-0.05, 0) is 11.6 Å². The lowest BCUT2D eigenvalue weighted by atomic mass is 9.86. The molecule has 2 aliphatic rings. The summed E-state index contributed by atoms with van der Waals surface area (Å²) >= 11 is 0. The van der Waals surface area contributed by atoms with Gasteiger partial charge in [0.2, 0.25) is 5.91 Å². The molecule has 2 amide bonds. The molecule has 5 rings (SSSR count). The Balaban J connectivity index is 1.55. The molecule has 9 heteroatoms. The van der Waals surface area contributed by atoms with Gasteiger partial charge in [0.1, 0.15) is 5.69 Å². The minimum Gasteiger partial charge on any atom is -0.396 e. The lowest BCUT2D eigenvalue weighted by Gasteiger charge is -2.37. The van der Waals surface area contributed by atoms with Crippen LogP contribution < -0.4 is 10.9 Å². The standard InChI is InChI=1S/C24H23N5O4/c30-14-16-19-13-28-18(7-4-8-20(28)31)22(29(19)24(33)17-12-25-9-10-26-17)21(16)23(32)27-11-15-5-2-1-3-6-15/h1-10,12,16,19,21-22,30H,11,13-14H2,(H,27,32)/t16-,19-,21+,22+/m1/s1. The molecule has 33 heavy (non-hydrogen) atoms. The third-order valence-electron chi connectivity index (χ3n) is 6.55. The zero-order valence-corrected chi connectivity index (χ0v) is 17.7. The van der Waals surface area contributed by atoms with Crippen LogP contribution in [0.15, 0.2) is 71.9 Å². The molecule has 9 nitrogen and oxygen atoms in total. The zero-order chi connectivity index (χ0) is 22.9. The van der Waals surface area contributed by atoms with Crippen LogP contribution in [0.1, 0.15) is 27.8 Å².